The Morgan fingerprint density at radius 2 is 1.55 bits per heavy atom. The van der Waals surface area contributed by atoms with Gasteiger partial charge in [-0.05, 0) is 35.4 Å². The normalized spacial score (nSPS) is 12.9. The van der Waals surface area contributed by atoms with Gasteiger partial charge in [0.1, 0.15) is 5.82 Å². The molecule has 0 aliphatic carbocycles. The molecule has 0 spiro atoms. The molecule has 0 saturated carbocycles. The lowest BCUT2D eigenvalue weighted by molar-refractivity contribution is 0.630. The number of nitrogens with one attached hydrogen (secondary N) is 1. The van der Waals surface area contributed by atoms with E-state index in [0.717, 1.165) is 22.5 Å². The molecule has 0 aromatic heterocycles. The molecule has 0 bridgehead atoms. The van der Waals surface area contributed by atoms with Gasteiger partial charge < -0.3 is 4.72 Å². The summed E-state index contributed by atoms with van der Waals surface area (Å²) in [5.41, 5.74) is 4.79. The van der Waals surface area contributed by atoms with E-state index in [2.05, 4.69) is 29.0 Å². The van der Waals surface area contributed by atoms with Gasteiger partial charge in [-0.25, -0.2) is 4.39 Å². The van der Waals surface area contributed by atoms with Gasteiger partial charge in [-0.3, -0.25) is 4.31 Å². The number of halogens is 1. The summed E-state index contributed by atoms with van der Waals surface area (Å²) >= 11 is 1.39. The van der Waals surface area contributed by atoms with Crippen LogP contribution in [0.3, 0.4) is 0 Å². The fraction of sp³-hybridized carbons (Fsp3) is 0. The lowest BCUT2D eigenvalue weighted by Crippen LogP contribution is -2.04. The zero-order valence-electron chi connectivity index (χ0n) is 11.7. The Balaban J connectivity index is 1.80. The number of benzene rings is 3. The maximum absolute atomic E-state index is 14.1. The highest BCUT2D eigenvalue weighted by Crippen LogP contribution is 2.46. The van der Waals surface area contributed by atoms with E-state index in [1.807, 2.05) is 34.6 Å². The molecule has 1 aliphatic heterocycles. The van der Waals surface area contributed by atoms with Crippen molar-refractivity contribution in [2.45, 2.75) is 0 Å². The number of fused-ring (bicyclic) bond motifs is 1. The molecule has 22 heavy (non-hydrogen) atoms. The predicted octanol–water partition coefficient (Wildman–Crippen LogP) is 5.62. The molecule has 1 N–H and O–H groups in total. The molecule has 0 saturated heterocycles. The first-order chi connectivity index (χ1) is 10.8. The third-order valence-electron chi connectivity index (χ3n) is 3.64. The highest BCUT2D eigenvalue weighted by Gasteiger charge is 2.24. The summed E-state index contributed by atoms with van der Waals surface area (Å²) in [7, 11) is 0. The van der Waals surface area contributed by atoms with Gasteiger partial charge in [0.15, 0.2) is 0 Å². The van der Waals surface area contributed by atoms with Crippen molar-refractivity contribution < 1.29 is 4.39 Å². The Bertz CT molecular complexity index is 820. The summed E-state index contributed by atoms with van der Waals surface area (Å²) in [6.07, 6.45) is 0. The van der Waals surface area contributed by atoms with E-state index in [9.17, 15) is 4.39 Å². The first-order valence-corrected chi connectivity index (χ1v) is 7.77. The lowest BCUT2D eigenvalue weighted by atomic mass is 10.0. The van der Waals surface area contributed by atoms with E-state index in [4.69, 9.17) is 0 Å². The third kappa shape index (κ3) is 2.22. The van der Waals surface area contributed by atoms with Crippen molar-refractivity contribution in [2.75, 3.05) is 9.03 Å². The van der Waals surface area contributed by atoms with Crippen molar-refractivity contribution in [3.05, 3.63) is 78.6 Å². The van der Waals surface area contributed by atoms with Crippen molar-refractivity contribution >= 4 is 29.2 Å². The van der Waals surface area contributed by atoms with Crippen LogP contribution in [0.1, 0.15) is 0 Å². The van der Waals surface area contributed by atoms with Gasteiger partial charge in [0.05, 0.1) is 29.2 Å². The quantitative estimate of drug-likeness (QED) is 0.619. The van der Waals surface area contributed by atoms with Crippen LogP contribution in [0, 0.1) is 5.82 Å². The SMILES string of the molecule is Fc1ccccc1N1SNc2ccc(-c3ccccc3)cc21. The zero-order chi connectivity index (χ0) is 14.9. The van der Waals surface area contributed by atoms with Gasteiger partial charge in [-0.2, -0.15) is 0 Å². The maximum Gasteiger partial charge on any atom is 0.147 e. The van der Waals surface area contributed by atoms with Crippen molar-refractivity contribution in [1.82, 2.24) is 0 Å². The van der Waals surface area contributed by atoms with E-state index in [-0.39, 0.29) is 5.82 Å². The van der Waals surface area contributed by atoms with E-state index in [0.29, 0.717) is 5.69 Å². The van der Waals surface area contributed by atoms with Gasteiger partial charge >= 0.3 is 0 Å². The number of para-hydroxylation sites is 1. The Morgan fingerprint density at radius 3 is 2.36 bits per heavy atom. The van der Waals surface area contributed by atoms with Gasteiger partial charge in [0.2, 0.25) is 0 Å². The number of hydrogen-bond acceptors (Lipinski definition) is 3. The molecule has 0 amide bonds. The van der Waals surface area contributed by atoms with Crippen LogP contribution >= 0.6 is 12.1 Å². The largest absolute Gasteiger partial charge is 0.310 e. The van der Waals surface area contributed by atoms with Crippen LogP contribution in [0.5, 0.6) is 0 Å². The van der Waals surface area contributed by atoms with E-state index < -0.39 is 0 Å². The minimum atomic E-state index is -0.227. The number of hydrogen-bond donors (Lipinski definition) is 1. The molecule has 0 unspecified atom stereocenters. The zero-order valence-corrected chi connectivity index (χ0v) is 12.5. The Morgan fingerprint density at radius 1 is 0.773 bits per heavy atom. The van der Waals surface area contributed by atoms with Gasteiger partial charge in [0.25, 0.3) is 0 Å². The molecule has 2 nitrogen and oxygen atoms in total. The summed E-state index contributed by atoms with van der Waals surface area (Å²) in [6, 6.07) is 23.2. The van der Waals surface area contributed by atoms with Crippen molar-refractivity contribution in [1.29, 1.82) is 0 Å². The van der Waals surface area contributed by atoms with E-state index in [1.165, 1.54) is 18.2 Å². The minimum Gasteiger partial charge on any atom is -0.310 e. The average molecular weight is 308 g/mol. The van der Waals surface area contributed by atoms with Gasteiger partial charge in [0, 0.05) is 0 Å². The van der Waals surface area contributed by atoms with Gasteiger partial charge in [-0.1, -0.05) is 48.5 Å². The Kier molecular flexibility index (Phi) is 3.24. The second-order valence-electron chi connectivity index (χ2n) is 5.04. The molecule has 108 valence electrons. The molecule has 0 fully saturated rings. The third-order valence-corrected chi connectivity index (χ3v) is 4.53. The van der Waals surface area contributed by atoms with Gasteiger partial charge in [-0.15, -0.1) is 0 Å². The Hall–Kier alpha value is -2.46. The minimum absolute atomic E-state index is 0.227. The first kappa shape index (κ1) is 13.2. The molecule has 3 aromatic carbocycles. The summed E-state index contributed by atoms with van der Waals surface area (Å²) in [4.78, 5) is 0. The van der Waals surface area contributed by atoms with Crippen molar-refractivity contribution in [3.63, 3.8) is 0 Å². The van der Waals surface area contributed by atoms with Crippen LogP contribution in [-0.4, -0.2) is 0 Å². The number of anilines is 3. The second-order valence-corrected chi connectivity index (χ2v) is 5.79. The van der Waals surface area contributed by atoms with Crippen LogP contribution < -0.4 is 9.03 Å². The van der Waals surface area contributed by atoms with Crippen LogP contribution in [-0.2, 0) is 0 Å². The van der Waals surface area contributed by atoms with E-state index in [1.54, 1.807) is 12.1 Å². The topological polar surface area (TPSA) is 15.3 Å². The smallest absolute Gasteiger partial charge is 0.147 e. The second kappa shape index (κ2) is 5.39. The molecule has 0 atom stereocenters. The molecule has 1 aliphatic rings. The molecular formula is C18H13FN2S. The molecule has 1 heterocycles. The van der Waals surface area contributed by atoms with Crippen LogP contribution in [0.25, 0.3) is 11.1 Å². The lowest BCUT2D eigenvalue weighted by Gasteiger charge is -2.17. The average Bonchev–Trinajstić information content (AvgIpc) is 2.99. The summed E-state index contributed by atoms with van der Waals surface area (Å²) in [5.74, 6) is -0.227. The first-order valence-electron chi connectivity index (χ1n) is 7.00. The standard InChI is InChI=1S/C18H13FN2S/c19-15-8-4-5-9-17(15)21-18-12-14(10-11-16(18)20-22-21)13-6-2-1-3-7-13/h1-12,20H. The fourth-order valence-electron chi connectivity index (χ4n) is 2.54. The van der Waals surface area contributed by atoms with Crippen LogP contribution in [0.15, 0.2) is 72.8 Å². The van der Waals surface area contributed by atoms with Crippen molar-refractivity contribution in [3.8, 4) is 11.1 Å². The highest BCUT2D eigenvalue weighted by atomic mass is 32.2. The fourth-order valence-corrected chi connectivity index (χ4v) is 3.39. The molecule has 4 heteroatoms. The highest BCUT2D eigenvalue weighted by molar-refractivity contribution is 8.02. The predicted molar refractivity (Wildman–Crippen MR) is 91.6 cm³/mol. The number of rotatable bonds is 2. The van der Waals surface area contributed by atoms with Crippen LogP contribution in [0.2, 0.25) is 0 Å². The number of nitrogens with zero attached hydrogens (tertiary/aromatic N) is 1. The van der Waals surface area contributed by atoms with Crippen molar-refractivity contribution in [2.24, 2.45) is 0 Å². The van der Waals surface area contributed by atoms with E-state index >= 15 is 0 Å². The Labute approximate surface area is 132 Å². The molecule has 4 rings (SSSR count). The van der Waals surface area contributed by atoms with Crippen LogP contribution in [0.4, 0.5) is 21.5 Å². The monoisotopic (exact) mass is 308 g/mol. The maximum atomic E-state index is 14.1. The summed E-state index contributed by atoms with van der Waals surface area (Å²) < 4.78 is 19.2. The molecule has 0 radical (unpaired) electrons. The summed E-state index contributed by atoms with van der Waals surface area (Å²) in [6.45, 7) is 0. The summed E-state index contributed by atoms with van der Waals surface area (Å²) in [5, 5.41) is 0. The molecule has 3 aromatic rings. The molecular weight excluding hydrogens is 295 g/mol.